The molecule has 0 unspecified atom stereocenters. The normalized spacial score (nSPS) is 22.8. The summed E-state index contributed by atoms with van der Waals surface area (Å²) in [6, 6.07) is 11.2. The number of fused-ring (bicyclic) bond motifs is 1. The van der Waals surface area contributed by atoms with Crippen molar-refractivity contribution in [1.82, 2.24) is 0 Å². The Labute approximate surface area is 160 Å². The maximum atomic E-state index is 13.6. The van der Waals surface area contributed by atoms with E-state index in [0.717, 1.165) is 53.8 Å². The van der Waals surface area contributed by atoms with Gasteiger partial charge in [0, 0.05) is 5.56 Å². The lowest BCUT2D eigenvalue weighted by atomic mass is 9.64. The third-order valence-electron chi connectivity index (χ3n) is 6.45. The first kappa shape index (κ1) is 17.9. The smallest absolute Gasteiger partial charge is 0.239 e. The monoisotopic (exact) mass is 365 g/mol. The van der Waals surface area contributed by atoms with Crippen molar-refractivity contribution in [1.29, 1.82) is 0 Å². The molecular weight excluding hydrogens is 338 g/mol. The second kappa shape index (κ2) is 6.91. The molecule has 1 aliphatic carbocycles. The Morgan fingerprint density at radius 1 is 1.04 bits per heavy atom. The average molecular weight is 365 g/mol. The number of rotatable bonds is 3. The highest BCUT2D eigenvalue weighted by Crippen LogP contribution is 2.53. The molecule has 1 aliphatic heterocycles. The summed E-state index contributed by atoms with van der Waals surface area (Å²) in [5.74, 6) is 1.31. The third-order valence-corrected chi connectivity index (χ3v) is 6.45. The number of methoxy groups -OCH3 is 1. The molecule has 4 nitrogen and oxygen atoms in total. The zero-order valence-electron chi connectivity index (χ0n) is 16.0. The van der Waals surface area contributed by atoms with Crippen LogP contribution in [0.4, 0.5) is 5.69 Å². The topological polar surface area (TPSA) is 58.6 Å². The number of nitrogens with one attached hydrogen (secondary N) is 1. The van der Waals surface area contributed by atoms with Gasteiger partial charge in [0.2, 0.25) is 5.91 Å². The predicted octanol–water partition coefficient (Wildman–Crippen LogP) is 4.92. The van der Waals surface area contributed by atoms with E-state index in [0.29, 0.717) is 0 Å². The number of carbonyl (C=O) groups is 1. The molecule has 0 radical (unpaired) electrons. The lowest BCUT2D eigenvalue weighted by Gasteiger charge is -2.36. The fourth-order valence-corrected chi connectivity index (χ4v) is 5.10. The maximum Gasteiger partial charge on any atom is 0.239 e. The summed E-state index contributed by atoms with van der Waals surface area (Å²) in [6.07, 6.45) is 6.86. The SMILES string of the molecule is COc1ccc2c(c1C)NC(=O)[C@@]2(c1ccc(O)cc1)C1CCCCCC1. The van der Waals surface area contributed by atoms with Crippen LogP contribution in [0.5, 0.6) is 11.5 Å². The van der Waals surface area contributed by atoms with Crippen LogP contribution in [0.2, 0.25) is 0 Å². The van der Waals surface area contributed by atoms with E-state index in [1.165, 1.54) is 12.8 Å². The van der Waals surface area contributed by atoms with Crippen molar-refractivity contribution < 1.29 is 14.6 Å². The van der Waals surface area contributed by atoms with Crippen LogP contribution >= 0.6 is 0 Å². The fraction of sp³-hybridized carbons (Fsp3) is 0.435. The third kappa shape index (κ3) is 2.70. The Balaban J connectivity index is 1.96. The minimum atomic E-state index is -0.704. The summed E-state index contributed by atoms with van der Waals surface area (Å²) in [5, 5.41) is 13.0. The van der Waals surface area contributed by atoms with Crippen LogP contribution in [-0.2, 0) is 10.2 Å². The fourth-order valence-electron chi connectivity index (χ4n) is 5.10. The molecular formula is C23H27NO3. The second-order valence-electron chi connectivity index (χ2n) is 7.81. The van der Waals surface area contributed by atoms with Gasteiger partial charge < -0.3 is 15.2 Å². The van der Waals surface area contributed by atoms with Crippen LogP contribution in [0.25, 0.3) is 0 Å². The molecule has 1 saturated carbocycles. The molecule has 2 aromatic carbocycles. The summed E-state index contributed by atoms with van der Waals surface area (Å²) in [7, 11) is 1.66. The minimum absolute atomic E-state index is 0.0476. The number of ether oxygens (including phenoxy) is 1. The van der Waals surface area contributed by atoms with E-state index in [1.54, 1.807) is 19.2 Å². The number of hydrogen-bond donors (Lipinski definition) is 2. The molecule has 1 fully saturated rings. The molecule has 0 bridgehead atoms. The number of anilines is 1. The average Bonchev–Trinajstić information content (AvgIpc) is 2.83. The number of phenolic OH excluding ortho intramolecular Hbond substituents is 1. The Kier molecular flexibility index (Phi) is 4.58. The molecule has 0 aromatic heterocycles. The Morgan fingerprint density at radius 2 is 1.70 bits per heavy atom. The zero-order valence-corrected chi connectivity index (χ0v) is 16.0. The number of carbonyl (C=O) groups excluding carboxylic acids is 1. The molecule has 1 amide bonds. The molecule has 1 atom stereocenters. The Hall–Kier alpha value is -2.49. The van der Waals surface area contributed by atoms with Crippen molar-refractivity contribution in [2.45, 2.75) is 50.9 Å². The van der Waals surface area contributed by atoms with Gasteiger partial charge in [0.25, 0.3) is 0 Å². The van der Waals surface area contributed by atoms with Crippen LogP contribution in [0, 0.1) is 12.8 Å². The van der Waals surface area contributed by atoms with E-state index in [2.05, 4.69) is 11.4 Å². The van der Waals surface area contributed by atoms with Gasteiger partial charge in [0.1, 0.15) is 16.9 Å². The molecule has 27 heavy (non-hydrogen) atoms. The van der Waals surface area contributed by atoms with E-state index in [-0.39, 0.29) is 17.6 Å². The van der Waals surface area contributed by atoms with Crippen LogP contribution < -0.4 is 10.1 Å². The summed E-state index contributed by atoms with van der Waals surface area (Å²) in [5.41, 5.74) is 3.16. The number of benzene rings is 2. The van der Waals surface area contributed by atoms with Crippen molar-refractivity contribution in [2.75, 3.05) is 12.4 Å². The zero-order chi connectivity index (χ0) is 19.0. The van der Waals surface area contributed by atoms with Gasteiger partial charge in [0.05, 0.1) is 12.8 Å². The van der Waals surface area contributed by atoms with E-state index < -0.39 is 5.41 Å². The van der Waals surface area contributed by atoms with Gasteiger partial charge in [-0.1, -0.05) is 43.9 Å². The second-order valence-corrected chi connectivity index (χ2v) is 7.81. The summed E-state index contributed by atoms with van der Waals surface area (Å²) >= 11 is 0. The van der Waals surface area contributed by atoms with Gasteiger partial charge in [-0.2, -0.15) is 0 Å². The van der Waals surface area contributed by atoms with Crippen molar-refractivity contribution in [3.05, 3.63) is 53.1 Å². The molecule has 4 heteroatoms. The van der Waals surface area contributed by atoms with E-state index >= 15 is 0 Å². The lowest BCUT2D eigenvalue weighted by molar-refractivity contribution is -0.121. The predicted molar refractivity (Wildman–Crippen MR) is 106 cm³/mol. The van der Waals surface area contributed by atoms with E-state index in [9.17, 15) is 9.90 Å². The Bertz CT molecular complexity index is 851. The molecule has 0 saturated heterocycles. The van der Waals surface area contributed by atoms with Gasteiger partial charge in [-0.3, -0.25) is 4.79 Å². The van der Waals surface area contributed by atoms with Crippen LogP contribution in [0.3, 0.4) is 0 Å². The van der Waals surface area contributed by atoms with E-state index in [4.69, 9.17) is 4.74 Å². The molecule has 4 rings (SSSR count). The lowest BCUT2D eigenvalue weighted by Crippen LogP contribution is -2.43. The van der Waals surface area contributed by atoms with Crippen molar-refractivity contribution in [3.63, 3.8) is 0 Å². The Morgan fingerprint density at radius 3 is 2.33 bits per heavy atom. The quantitative estimate of drug-likeness (QED) is 0.759. The molecule has 2 aromatic rings. The number of hydrogen-bond acceptors (Lipinski definition) is 3. The minimum Gasteiger partial charge on any atom is -0.508 e. The summed E-state index contributed by atoms with van der Waals surface area (Å²) in [6.45, 7) is 2.00. The van der Waals surface area contributed by atoms with Gasteiger partial charge >= 0.3 is 0 Å². The highest BCUT2D eigenvalue weighted by atomic mass is 16.5. The van der Waals surface area contributed by atoms with Crippen LogP contribution in [-0.4, -0.2) is 18.1 Å². The highest BCUT2D eigenvalue weighted by molar-refractivity contribution is 6.10. The standard InChI is InChI=1S/C23H27NO3/c1-15-20(27-2)14-13-19-21(15)24-22(26)23(19,16-7-5-3-4-6-8-16)17-9-11-18(25)12-10-17/h9-14,16,25H,3-8H2,1-2H3,(H,24,26)/t23-/m1/s1. The molecule has 0 spiro atoms. The van der Waals surface area contributed by atoms with Crippen LogP contribution in [0.15, 0.2) is 36.4 Å². The molecule has 2 N–H and O–H groups in total. The van der Waals surface area contributed by atoms with Gasteiger partial charge in [-0.05, 0) is 55.0 Å². The summed E-state index contributed by atoms with van der Waals surface area (Å²) < 4.78 is 5.48. The van der Waals surface area contributed by atoms with Crippen molar-refractivity contribution in [2.24, 2.45) is 5.92 Å². The first-order chi connectivity index (χ1) is 13.1. The molecule has 2 aliphatic rings. The van der Waals surface area contributed by atoms with Crippen LogP contribution in [0.1, 0.15) is 55.2 Å². The number of phenols is 1. The summed E-state index contributed by atoms with van der Waals surface area (Å²) in [4.78, 5) is 13.6. The molecule has 1 heterocycles. The van der Waals surface area contributed by atoms with Crippen molar-refractivity contribution >= 4 is 11.6 Å². The van der Waals surface area contributed by atoms with Gasteiger partial charge in [-0.25, -0.2) is 0 Å². The van der Waals surface area contributed by atoms with Crippen molar-refractivity contribution in [3.8, 4) is 11.5 Å². The first-order valence-corrected chi connectivity index (χ1v) is 9.88. The van der Waals surface area contributed by atoms with Gasteiger partial charge in [0.15, 0.2) is 0 Å². The number of aromatic hydroxyl groups is 1. The largest absolute Gasteiger partial charge is 0.508 e. The molecule has 142 valence electrons. The first-order valence-electron chi connectivity index (χ1n) is 9.88. The van der Waals surface area contributed by atoms with Gasteiger partial charge in [-0.15, -0.1) is 0 Å². The van der Waals surface area contributed by atoms with E-state index in [1.807, 2.05) is 25.1 Å². The maximum absolute atomic E-state index is 13.6. The highest BCUT2D eigenvalue weighted by Gasteiger charge is 2.53. The number of amides is 1.